The SMILES string of the molecule is CC1=C(C#N)C(=O)N(c2ccccc2C(C)C)C(=O)/C1=C\C=C1\N(C)c2ccccc2C1(C)C. The summed E-state index contributed by atoms with van der Waals surface area (Å²) in [5.41, 5.74) is 5.27. The van der Waals surface area contributed by atoms with Crippen LogP contribution < -0.4 is 9.80 Å². The van der Waals surface area contributed by atoms with Crippen molar-refractivity contribution in [3.05, 3.63) is 94.2 Å². The largest absolute Gasteiger partial charge is 0.347 e. The van der Waals surface area contributed by atoms with Crippen LogP contribution in [0.2, 0.25) is 0 Å². The molecule has 0 unspecified atom stereocenters. The van der Waals surface area contributed by atoms with Gasteiger partial charge in [0.1, 0.15) is 11.6 Å². The zero-order valence-electron chi connectivity index (χ0n) is 20.5. The highest BCUT2D eigenvalue weighted by molar-refractivity contribution is 6.31. The summed E-state index contributed by atoms with van der Waals surface area (Å²) < 4.78 is 0. The molecule has 34 heavy (non-hydrogen) atoms. The second-order valence-corrected chi connectivity index (χ2v) is 9.60. The molecule has 0 aliphatic carbocycles. The van der Waals surface area contributed by atoms with Gasteiger partial charge < -0.3 is 4.90 Å². The molecule has 0 N–H and O–H groups in total. The van der Waals surface area contributed by atoms with E-state index in [1.54, 1.807) is 25.1 Å². The average Bonchev–Trinajstić information content (AvgIpc) is 3.00. The first-order chi connectivity index (χ1) is 16.1. The second-order valence-electron chi connectivity index (χ2n) is 9.60. The summed E-state index contributed by atoms with van der Waals surface area (Å²) in [6.07, 6.45) is 3.69. The van der Waals surface area contributed by atoms with Crippen LogP contribution in [-0.2, 0) is 15.0 Å². The Morgan fingerprint density at radius 3 is 2.18 bits per heavy atom. The number of nitriles is 1. The number of hydrogen-bond acceptors (Lipinski definition) is 4. The van der Waals surface area contributed by atoms with Crippen LogP contribution >= 0.6 is 0 Å². The molecule has 2 aromatic carbocycles. The number of likely N-dealkylation sites (N-methyl/N-ethyl adjacent to an activating group) is 1. The number of hydrogen-bond donors (Lipinski definition) is 0. The third-order valence-electron chi connectivity index (χ3n) is 6.89. The van der Waals surface area contributed by atoms with Gasteiger partial charge in [-0.15, -0.1) is 0 Å². The van der Waals surface area contributed by atoms with Crippen LogP contribution in [0.4, 0.5) is 11.4 Å². The maximum Gasteiger partial charge on any atom is 0.276 e. The lowest BCUT2D eigenvalue weighted by molar-refractivity contribution is -0.123. The van der Waals surface area contributed by atoms with Crippen LogP contribution in [0.1, 0.15) is 51.7 Å². The van der Waals surface area contributed by atoms with Crippen LogP contribution in [0, 0.1) is 11.3 Å². The Morgan fingerprint density at radius 2 is 1.56 bits per heavy atom. The second kappa shape index (κ2) is 8.46. The van der Waals surface area contributed by atoms with E-state index in [0.29, 0.717) is 16.8 Å². The molecular formula is C29H29N3O2. The zero-order chi connectivity index (χ0) is 24.8. The summed E-state index contributed by atoms with van der Waals surface area (Å²) in [7, 11) is 2.01. The summed E-state index contributed by atoms with van der Waals surface area (Å²) in [5, 5.41) is 9.78. The number of fused-ring (bicyclic) bond motifs is 1. The highest BCUT2D eigenvalue weighted by Crippen LogP contribution is 2.46. The maximum absolute atomic E-state index is 13.7. The van der Waals surface area contributed by atoms with Gasteiger partial charge in [0, 0.05) is 29.4 Å². The fraction of sp³-hybridized carbons (Fsp3) is 0.276. The molecule has 0 atom stereocenters. The van der Waals surface area contributed by atoms with Crippen LogP contribution in [0.3, 0.4) is 0 Å². The normalized spacial score (nSPS) is 19.9. The van der Waals surface area contributed by atoms with Gasteiger partial charge in [-0.3, -0.25) is 9.59 Å². The first-order valence-corrected chi connectivity index (χ1v) is 11.5. The van der Waals surface area contributed by atoms with Crippen molar-refractivity contribution >= 4 is 23.2 Å². The lowest BCUT2D eigenvalue weighted by atomic mass is 9.83. The Labute approximate surface area is 201 Å². The summed E-state index contributed by atoms with van der Waals surface area (Å²) in [5.74, 6) is -0.883. The van der Waals surface area contributed by atoms with Crippen molar-refractivity contribution in [1.82, 2.24) is 0 Å². The molecule has 172 valence electrons. The van der Waals surface area contributed by atoms with E-state index in [1.165, 1.54) is 5.56 Å². The van der Waals surface area contributed by atoms with E-state index < -0.39 is 11.8 Å². The summed E-state index contributed by atoms with van der Waals surface area (Å²) in [6.45, 7) is 10.0. The van der Waals surface area contributed by atoms with Crippen LogP contribution in [-0.4, -0.2) is 18.9 Å². The molecule has 0 spiro atoms. The topological polar surface area (TPSA) is 64.4 Å². The molecule has 2 aliphatic heterocycles. The lowest BCUT2D eigenvalue weighted by Gasteiger charge is -2.30. The Hall–Kier alpha value is -3.91. The molecule has 2 aromatic rings. The molecule has 5 heteroatoms. The van der Waals surface area contributed by atoms with Gasteiger partial charge >= 0.3 is 0 Å². The van der Waals surface area contributed by atoms with E-state index in [2.05, 4.69) is 30.9 Å². The summed E-state index contributed by atoms with van der Waals surface area (Å²) >= 11 is 0. The molecule has 2 aliphatic rings. The van der Waals surface area contributed by atoms with E-state index in [1.807, 2.05) is 57.3 Å². The predicted molar refractivity (Wildman–Crippen MR) is 135 cm³/mol. The molecular weight excluding hydrogens is 422 g/mol. The smallest absolute Gasteiger partial charge is 0.276 e. The van der Waals surface area contributed by atoms with Crippen LogP contribution in [0.5, 0.6) is 0 Å². The molecule has 0 saturated heterocycles. The molecule has 0 radical (unpaired) electrons. The molecule has 2 amide bonds. The Morgan fingerprint density at radius 1 is 0.941 bits per heavy atom. The Kier molecular flexibility index (Phi) is 5.79. The van der Waals surface area contributed by atoms with Crippen LogP contribution in [0.15, 0.2) is 83.1 Å². The van der Waals surface area contributed by atoms with Crippen molar-refractivity contribution < 1.29 is 9.59 Å². The molecule has 0 fully saturated rings. The van der Waals surface area contributed by atoms with Gasteiger partial charge in [0.2, 0.25) is 0 Å². The number of carbonyl (C=O) groups is 2. The number of nitrogens with zero attached hydrogens (tertiary/aromatic N) is 3. The summed E-state index contributed by atoms with van der Waals surface area (Å²) in [6, 6.07) is 17.6. The molecule has 0 bridgehead atoms. The van der Waals surface area contributed by atoms with Gasteiger partial charge in [0.05, 0.1) is 5.69 Å². The molecule has 2 heterocycles. The van der Waals surface area contributed by atoms with E-state index in [4.69, 9.17) is 0 Å². The number of allylic oxidation sites excluding steroid dienone is 3. The molecule has 4 rings (SSSR count). The summed E-state index contributed by atoms with van der Waals surface area (Å²) in [4.78, 5) is 30.2. The van der Waals surface area contributed by atoms with E-state index in [0.717, 1.165) is 21.8 Å². The fourth-order valence-electron chi connectivity index (χ4n) is 4.97. The number of amides is 2. The number of para-hydroxylation sites is 2. The molecule has 0 aromatic heterocycles. The zero-order valence-corrected chi connectivity index (χ0v) is 20.5. The lowest BCUT2D eigenvalue weighted by Crippen LogP contribution is -2.43. The van der Waals surface area contributed by atoms with Crippen molar-refractivity contribution in [1.29, 1.82) is 5.26 Å². The third-order valence-corrected chi connectivity index (χ3v) is 6.89. The minimum Gasteiger partial charge on any atom is -0.347 e. The van der Waals surface area contributed by atoms with Gasteiger partial charge in [-0.2, -0.15) is 5.26 Å². The third kappa shape index (κ3) is 3.47. The van der Waals surface area contributed by atoms with Gasteiger partial charge in [-0.05, 0) is 53.8 Å². The van der Waals surface area contributed by atoms with Crippen molar-refractivity contribution in [3.8, 4) is 6.07 Å². The van der Waals surface area contributed by atoms with Gasteiger partial charge in [-0.25, -0.2) is 4.90 Å². The standard InChI is InChI=1S/C29H29N3O2/c1-18(2)20-11-7-9-13-24(20)32-27(33)21(19(3)22(17-30)28(32)34)15-16-26-29(4,5)23-12-8-10-14-25(23)31(26)6/h7-16,18H,1-6H3/b21-15-,26-16+. The first kappa shape index (κ1) is 23.3. The van der Waals surface area contributed by atoms with Crippen LogP contribution in [0.25, 0.3) is 0 Å². The van der Waals surface area contributed by atoms with Crippen molar-refractivity contribution in [2.45, 2.75) is 46.0 Å². The quantitative estimate of drug-likeness (QED) is 0.440. The van der Waals surface area contributed by atoms with Crippen molar-refractivity contribution in [2.75, 3.05) is 16.8 Å². The highest BCUT2D eigenvalue weighted by atomic mass is 16.2. The fourth-order valence-corrected chi connectivity index (χ4v) is 4.97. The van der Waals surface area contributed by atoms with E-state index >= 15 is 0 Å². The van der Waals surface area contributed by atoms with Gasteiger partial charge in [0.15, 0.2) is 0 Å². The highest BCUT2D eigenvalue weighted by Gasteiger charge is 2.39. The number of carbonyl (C=O) groups excluding carboxylic acids is 2. The number of benzene rings is 2. The van der Waals surface area contributed by atoms with Crippen molar-refractivity contribution in [2.24, 2.45) is 0 Å². The minimum absolute atomic E-state index is 0.00914. The maximum atomic E-state index is 13.7. The predicted octanol–water partition coefficient (Wildman–Crippen LogP) is 5.76. The van der Waals surface area contributed by atoms with E-state index in [9.17, 15) is 14.9 Å². The Bertz CT molecular complexity index is 1340. The Balaban J connectivity index is 1.86. The first-order valence-electron chi connectivity index (χ1n) is 11.5. The molecule has 0 saturated carbocycles. The number of imide groups is 1. The molecule has 5 nitrogen and oxygen atoms in total. The average molecular weight is 452 g/mol. The van der Waals surface area contributed by atoms with Crippen molar-refractivity contribution in [3.63, 3.8) is 0 Å². The van der Waals surface area contributed by atoms with Gasteiger partial charge in [0.25, 0.3) is 11.8 Å². The van der Waals surface area contributed by atoms with E-state index in [-0.39, 0.29) is 16.9 Å². The minimum atomic E-state index is -0.575. The number of anilines is 2. The number of rotatable bonds is 3. The van der Waals surface area contributed by atoms with Gasteiger partial charge in [-0.1, -0.05) is 64.1 Å². The monoisotopic (exact) mass is 451 g/mol.